The van der Waals surface area contributed by atoms with Crippen LogP contribution in [-0.2, 0) is 16.1 Å². The molecule has 122 valence electrons. The Labute approximate surface area is 138 Å². The molecule has 1 aromatic rings. The average Bonchev–Trinajstić information content (AvgIpc) is 2.50. The highest BCUT2D eigenvalue weighted by Crippen LogP contribution is 2.25. The second kappa shape index (κ2) is 8.59. The first-order valence-electron chi connectivity index (χ1n) is 8.11. The average molecular weight is 321 g/mol. The summed E-state index contributed by atoms with van der Waals surface area (Å²) in [5.74, 6) is 0.421. The van der Waals surface area contributed by atoms with Crippen LogP contribution in [0.4, 0.5) is 0 Å². The third-order valence-electron chi connectivity index (χ3n) is 4.09. The molecule has 1 fully saturated rings. The smallest absolute Gasteiger partial charge is 0.305 e. The largest absolute Gasteiger partial charge is 0.469 e. The molecule has 1 aromatic carbocycles. The number of ether oxygens (including phenoxy) is 1. The topological polar surface area (TPSA) is 29.5 Å². The third-order valence-corrected chi connectivity index (χ3v) is 5.11. The Morgan fingerprint density at radius 2 is 1.91 bits per heavy atom. The minimum Gasteiger partial charge on any atom is -0.469 e. The number of likely N-dealkylation sites (tertiary alicyclic amines) is 1. The Hall–Kier alpha value is -1.00. The van der Waals surface area contributed by atoms with Gasteiger partial charge in [-0.05, 0) is 49.5 Å². The highest BCUT2D eigenvalue weighted by atomic mass is 32.2. The van der Waals surface area contributed by atoms with Crippen molar-refractivity contribution in [3.05, 3.63) is 29.8 Å². The fourth-order valence-electron chi connectivity index (χ4n) is 2.87. The lowest BCUT2D eigenvalue weighted by Crippen LogP contribution is -2.34. The second-order valence-electron chi connectivity index (χ2n) is 6.31. The van der Waals surface area contributed by atoms with Gasteiger partial charge < -0.3 is 4.74 Å². The Morgan fingerprint density at radius 1 is 1.27 bits per heavy atom. The number of benzene rings is 1. The molecule has 0 atom stereocenters. The molecule has 0 spiro atoms. The number of carbonyl (C=O) groups is 1. The van der Waals surface area contributed by atoms with Crippen molar-refractivity contribution < 1.29 is 9.53 Å². The molecule has 0 bridgehead atoms. The molecule has 0 aromatic heterocycles. The Balaban J connectivity index is 1.77. The summed E-state index contributed by atoms with van der Waals surface area (Å²) in [5.41, 5.74) is 1.37. The van der Waals surface area contributed by atoms with Crippen LogP contribution in [-0.4, -0.2) is 36.3 Å². The zero-order valence-corrected chi connectivity index (χ0v) is 14.7. The van der Waals surface area contributed by atoms with Crippen LogP contribution in [0, 0.1) is 5.92 Å². The van der Waals surface area contributed by atoms with Crippen molar-refractivity contribution in [1.29, 1.82) is 0 Å². The van der Waals surface area contributed by atoms with Crippen LogP contribution in [0.1, 0.15) is 38.7 Å². The van der Waals surface area contributed by atoms with Crippen LogP contribution in [0.3, 0.4) is 0 Å². The van der Waals surface area contributed by atoms with Crippen LogP contribution >= 0.6 is 11.8 Å². The van der Waals surface area contributed by atoms with E-state index in [9.17, 15) is 4.79 Å². The molecule has 22 heavy (non-hydrogen) atoms. The van der Waals surface area contributed by atoms with Gasteiger partial charge in [0.25, 0.3) is 0 Å². The van der Waals surface area contributed by atoms with Crippen LogP contribution in [0.2, 0.25) is 0 Å². The van der Waals surface area contributed by atoms with Crippen molar-refractivity contribution in [2.45, 2.75) is 49.8 Å². The van der Waals surface area contributed by atoms with Gasteiger partial charge in [0.05, 0.1) is 7.11 Å². The Bertz CT molecular complexity index is 464. The number of carbonyl (C=O) groups excluding carboxylic acids is 1. The van der Waals surface area contributed by atoms with Gasteiger partial charge in [0.2, 0.25) is 0 Å². The summed E-state index contributed by atoms with van der Waals surface area (Å²) in [6.07, 6.45) is 2.76. The van der Waals surface area contributed by atoms with E-state index in [0.717, 1.165) is 32.5 Å². The number of thioether (sulfide) groups is 1. The molecule has 3 nitrogen and oxygen atoms in total. The predicted molar refractivity (Wildman–Crippen MR) is 92.1 cm³/mol. The summed E-state index contributed by atoms with van der Waals surface area (Å²) in [6, 6.07) is 8.94. The van der Waals surface area contributed by atoms with E-state index < -0.39 is 0 Å². The van der Waals surface area contributed by atoms with E-state index in [0.29, 0.717) is 17.6 Å². The summed E-state index contributed by atoms with van der Waals surface area (Å²) < 4.78 is 4.76. The number of rotatable bonds is 6. The first-order chi connectivity index (χ1) is 10.6. The molecule has 0 unspecified atom stereocenters. The van der Waals surface area contributed by atoms with Gasteiger partial charge in [-0.3, -0.25) is 9.69 Å². The number of hydrogen-bond donors (Lipinski definition) is 0. The summed E-state index contributed by atoms with van der Waals surface area (Å²) in [7, 11) is 1.47. The molecule has 0 aliphatic carbocycles. The number of piperidine rings is 1. The third kappa shape index (κ3) is 5.65. The zero-order valence-electron chi connectivity index (χ0n) is 13.9. The van der Waals surface area contributed by atoms with Gasteiger partial charge in [-0.1, -0.05) is 26.0 Å². The van der Waals surface area contributed by atoms with E-state index in [2.05, 4.69) is 43.0 Å². The van der Waals surface area contributed by atoms with E-state index in [-0.39, 0.29) is 5.97 Å². The van der Waals surface area contributed by atoms with Crippen molar-refractivity contribution in [3.8, 4) is 0 Å². The SMILES string of the molecule is COC(=O)CC1CCN(Cc2ccc(SC(C)C)cc2)CC1. The quantitative estimate of drug-likeness (QED) is 0.586. The number of esters is 1. The molecule has 1 heterocycles. The van der Waals surface area contributed by atoms with Gasteiger partial charge in [0.1, 0.15) is 0 Å². The molecule has 0 amide bonds. The molecule has 0 radical (unpaired) electrons. The lowest BCUT2D eigenvalue weighted by Gasteiger charge is -2.31. The van der Waals surface area contributed by atoms with Crippen molar-refractivity contribution in [2.75, 3.05) is 20.2 Å². The second-order valence-corrected chi connectivity index (χ2v) is 7.96. The van der Waals surface area contributed by atoms with E-state index in [1.807, 2.05) is 11.8 Å². The molecular weight excluding hydrogens is 294 g/mol. The van der Waals surface area contributed by atoms with Crippen molar-refractivity contribution in [3.63, 3.8) is 0 Å². The maximum absolute atomic E-state index is 11.3. The normalized spacial score (nSPS) is 16.9. The van der Waals surface area contributed by atoms with Gasteiger partial charge in [0, 0.05) is 23.1 Å². The minimum atomic E-state index is -0.0725. The fraction of sp³-hybridized carbons (Fsp3) is 0.611. The lowest BCUT2D eigenvalue weighted by molar-refractivity contribution is -0.142. The van der Waals surface area contributed by atoms with Crippen LogP contribution < -0.4 is 0 Å². The Kier molecular flexibility index (Phi) is 6.77. The molecule has 1 saturated heterocycles. The first kappa shape index (κ1) is 17.4. The molecule has 0 N–H and O–H groups in total. The maximum Gasteiger partial charge on any atom is 0.305 e. The number of nitrogens with zero attached hydrogens (tertiary/aromatic N) is 1. The van der Waals surface area contributed by atoms with Crippen molar-refractivity contribution in [1.82, 2.24) is 4.90 Å². The molecule has 4 heteroatoms. The van der Waals surface area contributed by atoms with E-state index in [1.54, 1.807) is 0 Å². The van der Waals surface area contributed by atoms with Gasteiger partial charge >= 0.3 is 5.97 Å². The molecule has 2 rings (SSSR count). The summed E-state index contributed by atoms with van der Waals surface area (Å²) >= 11 is 1.90. The summed E-state index contributed by atoms with van der Waals surface area (Å²) in [6.45, 7) is 7.60. The summed E-state index contributed by atoms with van der Waals surface area (Å²) in [4.78, 5) is 15.2. The predicted octanol–water partition coefficient (Wildman–Crippen LogP) is 3.96. The van der Waals surface area contributed by atoms with Crippen LogP contribution in [0.15, 0.2) is 29.2 Å². The van der Waals surface area contributed by atoms with E-state index in [4.69, 9.17) is 4.74 Å². The summed E-state index contributed by atoms with van der Waals surface area (Å²) in [5, 5.41) is 0.625. The number of methoxy groups -OCH3 is 1. The minimum absolute atomic E-state index is 0.0725. The monoisotopic (exact) mass is 321 g/mol. The zero-order chi connectivity index (χ0) is 15.9. The standard InChI is InChI=1S/C18H27NO2S/c1-14(2)22-17-6-4-16(5-7-17)13-19-10-8-15(9-11-19)12-18(20)21-3/h4-7,14-15H,8-13H2,1-3H3. The van der Waals surface area contributed by atoms with Crippen molar-refractivity contribution >= 4 is 17.7 Å². The molecular formula is C18H27NO2S. The van der Waals surface area contributed by atoms with Crippen LogP contribution in [0.5, 0.6) is 0 Å². The van der Waals surface area contributed by atoms with Gasteiger partial charge in [-0.2, -0.15) is 0 Å². The maximum atomic E-state index is 11.3. The lowest BCUT2D eigenvalue weighted by atomic mass is 9.93. The van der Waals surface area contributed by atoms with E-state index >= 15 is 0 Å². The van der Waals surface area contributed by atoms with E-state index in [1.165, 1.54) is 17.6 Å². The van der Waals surface area contributed by atoms with Gasteiger partial charge in [0.15, 0.2) is 0 Å². The molecule has 0 saturated carbocycles. The fourth-order valence-corrected chi connectivity index (χ4v) is 3.71. The molecule has 1 aliphatic heterocycles. The highest BCUT2D eigenvalue weighted by molar-refractivity contribution is 7.99. The number of hydrogen-bond acceptors (Lipinski definition) is 4. The van der Waals surface area contributed by atoms with Crippen molar-refractivity contribution in [2.24, 2.45) is 5.92 Å². The van der Waals surface area contributed by atoms with Gasteiger partial charge in [-0.15, -0.1) is 11.8 Å². The highest BCUT2D eigenvalue weighted by Gasteiger charge is 2.21. The first-order valence-corrected chi connectivity index (χ1v) is 8.99. The van der Waals surface area contributed by atoms with Gasteiger partial charge in [-0.25, -0.2) is 0 Å². The molecule has 1 aliphatic rings. The van der Waals surface area contributed by atoms with Crippen LogP contribution in [0.25, 0.3) is 0 Å². The Morgan fingerprint density at radius 3 is 2.45 bits per heavy atom.